The summed E-state index contributed by atoms with van der Waals surface area (Å²) in [6.45, 7) is 6.18. The number of likely N-dealkylation sites (tertiary alicyclic amines) is 1. The minimum Gasteiger partial charge on any atom is -0.494 e. The summed E-state index contributed by atoms with van der Waals surface area (Å²) in [5.41, 5.74) is 6.89. The van der Waals surface area contributed by atoms with E-state index in [1.807, 2.05) is 58.6 Å². The number of aromatic nitrogens is 5. The van der Waals surface area contributed by atoms with Gasteiger partial charge in [0, 0.05) is 24.4 Å². The number of pyridine rings is 2. The minimum absolute atomic E-state index is 0.613. The van der Waals surface area contributed by atoms with Gasteiger partial charge >= 0.3 is 0 Å². The van der Waals surface area contributed by atoms with E-state index in [0.29, 0.717) is 5.56 Å². The van der Waals surface area contributed by atoms with E-state index >= 15 is 0 Å². The van der Waals surface area contributed by atoms with Gasteiger partial charge in [-0.1, -0.05) is 25.5 Å². The van der Waals surface area contributed by atoms with Gasteiger partial charge in [-0.3, -0.25) is 4.40 Å². The highest BCUT2D eigenvalue weighted by molar-refractivity contribution is 5.88. The first-order chi connectivity index (χ1) is 18.1. The molecule has 0 N–H and O–H groups in total. The fraction of sp³-hybridized carbons (Fsp3) is 0.310. The van der Waals surface area contributed by atoms with Crippen LogP contribution in [-0.4, -0.2) is 55.6 Å². The third kappa shape index (κ3) is 4.91. The molecule has 8 heteroatoms. The minimum atomic E-state index is 0.613. The fourth-order valence-electron chi connectivity index (χ4n) is 4.88. The summed E-state index contributed by atoms with van der Waals surface area (Å²) in [5.74, 6) is 0.720. The molecule has 0 bridgehead atoms. The van der Waals surface area contributed by atoms with E-state index < -0.39 is 0 Å². The van der Waals surface area contributed by atoms with Gasteiger partial charge in [-0.2, -0.15) is 5.26 Å². The smallest absolute Gasteiger partial charge is 0.159 e. The number of methoxy groups -OCH3 is 1. The average molecular weight is 494 g/mol. The van der Waals surface area contributed by atoms with Crippen LogP contribution < -0.4 is 4.74 Å². The SMILES string of the molecule is CCN1CCCCC1.COc1cc(-c2ccc(C#N)cc2)c(-c2cnc3c(c2)ncn3C)n2cncc12. The van der Waals surface area contributed by atoms with Crippen LogP contribution >= 0.6 is 0 Å². The molecule has 0 amide bonds. The molecular formula is C29H31N7O. The molecule has 5 heterocycles. The zero-order valence-electron chi connectivity index (χ0n) is 21.6. The second-order valence-electron chi connectivity index (χ2n) is 9.23. The molecule has 4 aromatic heterocycles. The van der Waals surface area contributed by atoms with Gasteiger partial charge in [0.25, 0.3) is 0 Å². The molecule has 0 aliphatic carbocycles. The first-order valence-corrected chi connectivity index (χ1v) is 12.7. The number of fused-ring (bicyclic) bond motifs is 2. The lowest BCUT2D eigenvalue weighted by molar-refractivity contribution is 0.240. The van der Waals surface area contributed by atoms with E-state index in [-0.39, 0.29) is 0 Å². The molecule has 5 aromatic rings. The van der Waals surface area contributed by atoms with E-state index in [0.717, 1.165) is 44.8 Å². The van der Waals surface area contributed by atoms with Crippen molar-refractivity contribution in [1.82, 2.24) is 28.8 Å². The lowest BCUT2D eigenvalue weighted by Crippen LogP contribution is -2.29. The van der Waals surface area contributed by atoms with Crippen LogP contribution in [-0.2, 0) is 7.05 Å². The lowest BCUT2D eigenvalue weighted by atomic mass is 9.98. The Hall–Kier alpha value is -4.22. The van der Waals surface area contributed by atoms with Gasteiger partial charge in [0.15, 0.2) is 5.65 Å². The number of rotatable bonds is 4. The van der Waals surface area contributed by atoms with Crippen molar-refractivity contribution in [3.05, 3.63) is 67.0 Å². The molecule has 0 saturated carbocycles. The summed E-state index contributed by atoms with van der Waals surface area (Å²) < 4.78 is 9.50. The first kappa shape index (κ1) is 24.5. The predicted molar refractivity (Wildman–Crippen MR) is 145 cm³/mol. The molecule has 37 heavy (non-hydrogen) atoms. The van der Waals surface area contributed by atoms with Crippen molar-refractivity contribution in [2.45, 2.75) is 26.2 Å². The Morgan fingerprint density at radius 3 is 2.43 bits per heavy atom. The largest absolute Gasteiger partial charge is 0.494 e. The molecule has 1 aliphatic heterocycles. The van der Waals surface area contributed by atoms with Crippen LogP contribution in [0.4, 0.5) is 0 Å². The maximum Gasteiger partial charge on any atom is 0.159 e. The molecule has 0 unspecified atom stereocenters. The second kappa shape index (κ2) is 10.8. The summed E-state index contributed by atoms with van der Waals surface area (Å²) >= 11 is 0. The van der Waals surface area contributed by atoms with Gasteiger partial charge in [-0.15, -0.1) is 0 Å². The van der Waals surface area contributed by atoms with Crippen LogP contribution in [0.3, 0.4) is 0 Å². The molecule has 0 atom stereocenters. The molecule has 8 nitrogen and oxygen atoms in total. The number of imidazole rings is 2. The molecule has 1 aliphatic rings. The molecule has 1 aromatic carbocycles. The van der Waals surface area contributed by atoms with E-state index in [1.165, 1.54) is 38.9 Å². The van der Waals surface area contributed by atoms with E-state index in [1.54, 1.807) is 26.0 Å². The number of hydrogen-bond donors (Lipinski definition) is 0. The predicted octanol–water partition coefficient (Wildman–Crippen LogP) is 5.32. The number of nitriles is 1. The summed E-state index contributed by atoms with van der Waals surface area (Å²) in [5, 5.41) is 9.13. The molecule has 0 radical (unpaired) electrons. The number of ether oxygens (including phenoxy) is 1. The van der Waals surface area contributed by atoms with Crippen LogP contribution in [0.1, 0.15) is 31.7 Å². The Labute approximate surface area is 216 Å². The highest BCUT2D eigenvalue weighted by atomic mass is 16.5. The van der Waals surface area contributed by atoms with Gasteiger partial charge in [0.1, 0.15) is 16.8 Å². The van der Waals surface area contributed by atoms with Crippen molar-refractivity contribution in [1.29, 1.82) is 5.26 Å². The van der Waals surface area contributed by atoms with Crippen molar-refractivity contribution in [2.24, 2.45) is 7.05 Å². The normalized spacial score (nSPS) is 13.8. The Kier molecular flexibility index (Phi) is 7.15. The molecule has 0 spiro atoms. The highest BCUT2D eigenvalue weighted by Gasteiger charge is 2.18. The number of benzene rings is 1. The quantitative estimate of drug-likeness (QED) is 0.337. The number of nitrogens with zero attached hydrogens (tertiary/aromatic N) is 7. The summed E-state index contributed by atoms with van der Waals surface area (Å²) in [6, 6.07) is 13.7. The van der Waals surface area contributed by atoms with Crippen LogP contribution in [0.15, 0.2) is 61.4 Å². The Bertz CT molecular complexity index is 1550. The topological polar surface area (TPSA) is 84.3 Å². The Balaban J connectivity index is 0.000000301. The maximum absolute atomic E-state index is 9.13. The van der Waals surface area contributed by atoms with Crippen molar-refractivity contribution in [3.63, 3.8) is 0 Å². The maximum atomic E-state index is 9.13. The van der Waals surface area contributed by atoms with Gasteiger partial charge in [-0.25, -0.2) is 15.0 Å². The van der Waals surface area contributed by atoms with Gasteiger partial charge in [-0.05, 0) is 62.3 Å². The van der Waals surface area contributed by atoms with Crippen LogP contribution in [0.5, 0.6) is 5.75 Å². The van der Waals surface area contributed by atoms with E-state index in [9.17, 15) is 0 Å². The van der Waals surface area contributed by atoms with Crippen molar-refractivity contribution in [3.8, 4) is 34.2 Å². The summed E-state index contributed by atoms with van der Waals surface area (Å²) in [7, 11) is 3.57. The van der Waals surface area contributed by atoms with Crippen molar-refractivity contribution < 1.29 is 4.74 Å². The number of piperidine rings is 1. The third-order valence-electron chi connectivity index (χ3n) is 6.93. The standard InChI is InChI=1S/C22H16N6O.C7H15N/c1-27-13-26-18-7-16(10-25-22(18)27)21-17(15-5-3-14(9-23)4-6-15)8-20(29-2)19-11-24-12-28(19)21;1-2-8-6-4-3-5-7-8/h3-8,10-13H,1-2H3;2-7H2,1H3. The van der Waals surface area contributed by atoms with E-state index in [2.05, 4.69) is 32.8 Å². The molecular weight excluding hydrogens is 462 g/mol. The van der Waals surface area contributed by atoms with E-state index in [4.69, 9.17) is 10.00 Å². The van der Waals surface area contributed by atoms with Crippen molar-refractivity contribution >= 4 is 16.7 Å². The fourth-order valence-corrected chi connectivity index (χ4v) is 4.88. The number of aryl methyl sites for hydroxylation is 1. The average Bonchev–Trinajstić information content (AvgIpc) is 3.60. The summed E-state index contributed by atoms with van der Waals surface area (Å²) in [6.07, 6.45) is 11.4. The first-order valence-electron chi connectivity index (χ1n) is 12.7. The lowest BCUT2D eigenvalue weighted by Gasteiger charge is -2.24. The molecule has 6 rings (SSSR count). The van der Waals surface area contributed by atoms with Crippen LogP contribution in [0, 0.1) is 11.3 Å². The zero-order valence-corrected chi connectivity index (χ0v) is 21.6. The molecule has 1 fully saturated rings. The van der Waals surface area contributed by atoms with Crippen LogP contribution in [0.2, 0.25) is 0 Å². The zero-order chi connectivity index (χ0) is 25.8. The Morgan fingerprint density at radius 2 is 1.76 bits per heavy atom. The monoisotopic (exact) mass is 493 g/mol. The summed E-state index contributed by atoms with van der Waals surface area (Å²) in [4.78, 5) is 15.9. The second-order valence-corrected chi connectivity index (χ2v) is 9.23. The third-order valence-corrected chi connectivity index (χ3v) is 6.93. The number of hydrogen-bond acceptors (Lipinski definition) is 6. The highest BCUT2D eigenvalue weighted by Crippen LogP contribution is 2.38. The molecule has 1 saturated heterocycles. The van der Waals surface area contributed by atoms with Gasteiger partial charge < -0.3 is 14.2 Å². The van der Waals surface area contributed by atoms with Gasteiger partial charge in [0.05, 0.1) is 43.3 Å². The van der Waals surface area contributed by atoms with Crippen LogP contribution in [0.25, 0.3) is 39.1 Å². The Morgan fingerprint density at radius 1 is 0.973 bits per heavy atom. The molecule has 188 valence electrons. The van der Waals surface area contributed by atoms with Crippen molar-refractivity contribution in [2.75, 3.05) is 26.7 Å². The van der Waals surface area contributed by atoms with Gasteiger partial charge in [0.2, 0.25) is 0 Å².